The summed E-state index contributed by atoms with van der Waals surface area (Å²) in [4.78, 5) is 14.6. The van der Waals surface area contributed by atoms with Gasteiger partial charge in [0.2, 0.25) is 11.9 Å². The van der Waals surface area contributed by atoms with E-state index < -0.39 is 0 Å². The van der Waals surface area contributed by atoms with Crippen LogP contribution in [-0.4, -0.2) is 45.5 Å². The molecule has 2 rings (SSSR count). The number of nitrogens with zero attached hydrogens (tertiary/aromatic N) is 4. The highest BCUT2D eigenvalue weighted by Gasteiger charge is 2.21. The van der Waals surface area contributed by atoms with Gasteiger partial charge in [-0.2, -0.15) is 15.0 Å². The van der Waals surface area contributed by atoms with Crippen LogP contribution < -0.4 is 16.8 Å². The predicted molar refractivity (Wildman–Crippen MR) is 75.2 cm³/mol. The van der Waals surface area contributed by atoms with Gasteiger partial charge in [0.1, 0.15) is 5.82 Å². The molecule has 19 heavy (non-hydrogen) atoms. The third-order valence-corrected chi connectivity index (χ3v) is 3.40. The minimum atomic E-state index is 0.198. The molecule has 1 fully saturated rings. The number of nitrogen functional groups attached to an aromatic ring is 2. The number of anilines is 2. The molecule has 0 aromatic carbocycles. The van der Waals surface area contributed by atoms with Crippen molar-refractivity contribution >= 4 is 11.9 Å². The Morgan fingerprint density at radius 2 is 1.79 bits per heavy atom. The Morgan fingerprint density at radius 1 is 1.16 bits per heavy atom. The minimum absolute atomic E-state index is 0.198. The lowest BCUT2D eigenvalue weighted by molar-refractivity contribution is 0.150. The maximum absolute atomic E-state index is 5.62. The van der Waals surface area contributed by atoms with Crippen molar-refractivity contribution in [2.45, 2.75) is 38.8 Å². The van der Waals surface area contributed by atoms with Gasteiger partial charge in [-0.1, -0.05) is 6.92 Å². The lowest BCUT2D eigenvalue weighted by atomic mass is 10.0. The van der Waals surface area contributed by atoms with Crippen molar-refractivity contribution in [3.63, 3.8) is 0 Å². The van der Waals surface area contributed by atoms with Crippen LogP contribution in [0.5, 0.6) is 0 Å². The van der Waals surface area contributed by atoms with E-state index in [9.17, 15) is 0 Å². The van der Waals surface area contributed by atoms with Crippen LogP contribution in [-0.2, 0) is 6.54 Å². The number of hydrogen-bond donors (Lipinski definition) is 3. The monoisotopic (exact) mass is 265 g/mol. The second-order valence-electron chi connectivity index (χ2n) is 4.92. The summed E-state index contributed by atoms with van der Waals surface area (Å²) in [6, 6.07) is 0.584. The number of rotatable bonds is 5. The van der Waals surface area contributed by atoms with E-state index in [0.717, 1.165) is 38.9 Å². The zero-order valence-corrected chi connectivity index (χ0v) is 11.5. The molecule has 0 amide bonds. The predicted octanol–water partition coefficient (Wildman–Crippen LogP) is 0.00000000000000161. The first-order chi connectivity index (χ1) is 9.19. The van der Waals surface area contributed by atoms with Gasteiger partial charge in [0.15, 0.2) is 0 Å². The summed E-state index contributed by atoms with van der Waals surface area (Å²) >= 11 is 0. The summed E-state index contributed by atoms with van der Waals surface area (Å²) in [7, 11) is 0. The van der Waals surface area contributed by atoms with Crippen LogP contribution in [0.25, 0.3) is 0 Å². The fraction of sp³-hybridized carbons (Fsp3) is 0.750. The molecular weight excluding hydrogens is 242 g/mol. The van der Waals surface area contributed by atoms with Gasteiger partial charge in [-0.05, 0) is 38.9 Å². The third kappa shape index (κ3) is 4.00. The maximum Gasteiger partial charge on any atom is 0.225 e. The first kappa shape index (κ1) is 14.0. The molecule has 1 aromatic rings. The van der Waals surface area contributed by atoms with Crippen molar-refractivity contribution in [2.24, 2.45) is 0 Å². The van der Waals surface area contributed by atoms with Crippen LogP contribution in [0.3, 0.4) is 0 Å². The molecule has 7 heteroatoms. The van der Waals surface area contributed by atoms with E-state index in [2.05, 4.69) is 32.1 Å². The van der Waals surface area contributed by atoms with Crippen LogP contribution in [0.15, 0.2) is 0 Å². The van der Waals surface area contributed by atoms with Gasteiger partial charge in [-0.15, -0.1) is 0 Å². The largest absolute Gasteiger partial charge is 0.368 e. The number of piperidine rings is 1. The van der Waals surface area contributed by atoms with Crippen LogP contribution >= 0.6 is 0 Å². The molecule has 1 aliphatic heterocycles. The molecule has 2 heterocycles. The van der Waals surface area contributed by atoms with Gasteiger partial charge < -0.3 is 16.8 Å². The minimum Gasteiger partial charge on any atom is -0.368 e. The average molecular weight is 265 g/mol. The fourth-order valence-corrected chi connectivity index (χ4v) is 2.56. The van der Waals surface area contributed by atoms with Crippen LogP contribution in [0.1, 0.15) is 32.0 Å². The number of nitrogens with two attached hydrogens (primary N) is 2. The Hall–Kier alpha value is -1.47. The first-order valence-electron chi connectivity index (χ1n) is 6.89. The Balaban J connectivity index is 2.06. The molecule has 106 valence electrons. The van der Waals surface area contributed by atoms with E-state index in [1.807, 2.05) is 0 Å². The van der Waals surface area contributed by atoms with E-state index in [4.69, 9.17) is 11.5 Å². The van der Waals surface area contributed by atoms with Crippen molar-refractivity contribution in [1.82, 2.24) is 25.2 Å². The molecule has 0 spiro atoms. The third-order valence-electron chi connectivity index (χ3n) is 3.40. The summed E-state index contributed by atoms with van der Waals surface area (Å²) in [5.74, 6) is 1.06. The van der Waals surface area contributed by atoms with Gasteiger partial charge in [0, 0.05) is 6.04 Å². The highest BCUT2D eigenvalue weighted by atomic mass is 15.2. The highest BCUT2D eigenvalue weighted by Crippen LogP contribution is 2.15. The smallest absolute Gasteiger partial charge is 0.225 e. The summed E-state index contributed by atoms with van der Waals surface area (Å²) in [6.07, 6.45) is 3.44. The Labute approximate surface area is 113 Å². The van der Waals surface area contributed by atoms with E-state index in [0.29, 0.717) is 18.4 Å². The van der Waals surface area contributed by atoms with Crippen molar-refractivity contribution in [1.29, 1.82) is 0 Å². The molecule has 0 saturated carbocycles. The topological polar surface area (TPSA) is 106 Å². The second kappa shape index (κ2) is 6.63. The van der Waals surface area contributed by atoms with Gasteiger partial charge >= 0.3 is 0 Å². The molecule has 0 unspecified atom stereocenters. The average Bonchev–Trinajstić information content (AvgIpc) is 2.38. The number of nitrogens with one attached hydrogen (secondary N) is 1. The van der Waals surface area contributed by atoms with E-state index in [1.54, 1.807) is 0 Å². The molecule has 1 aliphatic rings. The lowest BCUT2D eigenvalue weighted by Gasteiger charge is -2.34. The zero-order chi connectivity index (χ0) is 13.7. The van der Waals surface area contributed by atoms with Crippen molar-refractivity contribution in [3.8, 4) is 0 Å². The Bertz CT molecular complexity index is 383. The van der Waals surface area contributed by atoms with Gasteiger partial charge in [-0.3, -0.25) is 4.90 Å². The van der Waals surface area contributed by atoms with Crippen molar-refractivity contribution in [2.75, 3.05) is 31.1 Å². The van der Waals surface area contributed by atoms with Gasteiger partial charge in [0.05, 0.1) is 6.54 Å². The standard InChI is InChI=1S/C12H23N7/c1-2-7-19(9-3-5-15-6-4-9)8-10-16-11(13)18-12(14)17-10/h9,15H,2-8H2,1H3,(H4,13,14,16,17,18). The first-order valence-corrected chi connectivity index (χ1v) is 6.89. The highest BCUT2D eigenvalue weighted by molar-refractivity contribution is 5.25. The zero-order valence-electron chi connectivity index (χ0n) is 11.5. The van der Waals surface area contributed by atoms with Gasteiger partial charge in [0.25, 0.3) is 0 Å². The summed E-state index contributed by atoms with van der Waals surface area (Å²) in [5.41, 5.74) is 11.2. The molecule has 0 bridgehead atoms. The van der Waals surface area contributed by atoms with Crippen LogP contribution in [0.4, 0.5) is 11.9 Å². The second-order valence-corrected chi connectivity index (χ2v) is 4.92. The van der Waals surface area contributed by atoms with E-state index >= 15 is 0 Å². The molecular formula is C12H23N7. The SMILES string of the molecule is CCCN(Cc1nc(N)nc(N)n1)C1CCNCC1. The quantitative estimate of drug-likeness (QED) is 0.688. The van der Waals surface area contributed by atoms with Gasteiger partial charge in [-0.25, -0.2) is 0 Å². The van der Waals surface area contributed by atoms with Crippen molar-refractivity contribution < 1.29 is 0 Å². The Kier molecular flexibility index (Phi) is 4.86. The molecule has 0 radical (unpaired) electrons. The molecule has 0 aliphatic carbocycles. The van der Waals surface area contributed by atoms with E-state index in [1.165, 1.54) is 0 Å². The Morgan fingerprint density at radius 3 is 2.37 bits per heavy atom. The summed E-state index contributed by atoms with van der Waals surface area (Å²) in [5, 5.41) is 3.39. The molecule has 7 nitrogen and oxygen atoms in total. The normalized spacial score (nSPS) is 16.9. The number of aromatic nitrogens is 3. The molecule has 1 saturated heterocycles. The lowest BCUT2D eigenvalue weighted by Crippen LogP contribution is -2.43. The molecule has 5 N–H and O–H groups in total. The summed E-state index contributed by atoms with van der Waals surface area (Å²) in [6.45, 7) is 6.06. The van der Waals surface area contributed by atoms with Crippen LogP contribution in [0, 0.1) is 0 Å². The van der Waals surface area contributed by atoms with E-state index in [-0.39, 0.29) is 11.9 Å². The number of hydrogen-bond acceptors (Lipinski definition) is 7. The van der Waals surface area contributed by atoms with Crippen molar-refractivity contribution in [3.05, 3.63) is 5.82 Å². The van der Waals surface area contributed by atoms with Crippen LogP contribution in [0.2, 0.25) is 0 Å². The maximum atomic E-state index is 5.62. The molecule has 0 atom stereocenters. The molecule has 1 aromatic heterocycles. The summed E-state index contributed by atoms with van der Waals surface area (Å²) < 4.78 is 0. The fourth-order valence-electron chi connectivity index (χ4n) is 2.56.